The van der Waals surface area contributed by atoms with E-state index in [4.69, 9.17) is 19.1 Å². The van der Waals surface area contributed by atoms with Crippen LogP contribution in [0.5, 0.6) is 0 Å². The average Bonchev–Trinajstić information content (AvgIpc) is 3.36. The Hall–Kier alpha value is -4.35. The van der Waals surface area contributed by atoms with Gasteiger partial charge in [-0.05, 0) is 48.5 Å². The van der Waals surface area contributed by atoms with Gasteiger partial charge in [0.1, 0.15) is 22.6 Å². The van der Waals surface area contributed by atoms with Gasteiger partial charge in [0.2, 0.25) is 0 Å². The van der Waals surface area contributed by atoms with Crippen LogP contribution in [0.15, 0.2) is 76.4 Å². The van der Waals surface area contributed by atoms with E-state index in [0.29, 0.717) is 34.1 Å². The Kier molecular flexibility index (Phi) is 6.20. The molecule has 0 spiro atoms. The van der Waals surface area contributed by atoms with E-state index < -0.39 is 9.84 Å². The van der Waals surface area contributed by atoms with Gasteiger partial charge in [-0.15, -0.1) is 0 Å². The van der Waals surface area contributed by atoms with Crippen molar-refractivity contribution in [2.45, 2.75) is 11.4 Å². The maximum atomic E-state index is 12.9. The van der Waals surface area contributed by atoms with Crippen LogP contribution in [0, 0.1) is 11.8 Å². The number of nitrogens with one attached hydrogen (secondary N) is 1. The van der Waals surface area contributed by atoms with Crippen molar-refractivity contribution in [1.82, 2.24) is 20.3 Å². The molecule has 2 saturated heterocycles. The number of fused-ring (bicyclic) bond motifs is 2. The average molecular weight is 570 g/mol. The van der Waals surface area contributed by atoms with Gasteiger partial charge in [0.25, 0.3) is 5.91 Å². The zero-order valence-electron chi connectivity index (χ0n) is 22.3. The van der Waals surface area contributed by atoms with E-state index in [1.54, 1.807) is 18.3 Å². The predicted molar refractivity (Wildman–Crippen MR) is 153 cm³/mol. The minimum atomic E-state index is -3.49. The van der Waals surface area contributed by atoms with E-state index >= 15 is 0 Å². The van der Waals surface area contributed by atoms with Crippen LogP contribution in [0.3, 0.4) is 0 Å². The number of ether oxygens (including phenoxy) is 1. The van der Waals surface area contributed by atoms with Gasteiger partial charge in [-0.1, -0.05) is 6.07 Å². The number of furan rings is 1. The highest BCUT2D eigenvalue weighted by Crippen LogP contribution is 2.33. The first-order chi connectivity index (χ1) is 19.8. The second-order valence-electron chi connectivity index (χ2n) is 10.7. The van der Waals surface area contributed by atoms with E-state index in [1.807, 2.05) is 36.4 Å². The Morgan fingerprint density at radius 3 is 2.63 bits per heavy atom. The molecule has 0 bridgehead atoms. The Balaban J connectivity index is 1.06. The van der Waals surface area contributed by atoms with Gasteiger partial charge >= 0.3 is 0 Å². The van der Waals surface area contributed by atoms with Gasteiger partial charge in [-0.2, -0.15) is 0 Å². The van der Waals surface area contributed by atoms with Crippen LogP contribution >= 0.6 is 0 Å². The number of sulfone groups is 1. The van der Waals surface area contributed by atoms with E-state index in [1.165, 1.54) is 12.3 Å². The number of nitrogens with zero attached hydrogens (tertiary/aromatic N) is 4. The number of pyridine rings is 3. The first-order valence-electron chi connectivity index (χ1n) is 13.4. The third-order valence-electron chi connectivity index (χ3n) is 7.82. The van der Waals surface area contributed by atoms with E-state index in [-0.39, 0.29) is 17.3 Å². The van der Waals surface area contributed by atoms with Crippen molar-refractivity contribution in [2.75, 3.05) is 37.5 Å². The summed E-state index contributed by atoms with van der Waals surface area (Å²) in [7, 11) is -3.49. The molecule has 2 aliphatic rings. The second kappa shape index (κ2) is 9.93. The lowest BCUT2D eigenvalue weighted by atomic mass is 9.84. The molecule has 4 aromatic heterocycles. The number of rotatable bonds is 7. The predicted octanol–water partition coefficient (Wildman–Crippen LogP) is 3.85. The second-order valence-corrected chi connectivity index (χ2v) is 12.7. The number of carbonyl (C=O) groups is 1. The fourth-order valence-corrected chi connectivity index (χ4v) is 6.05. The summed E-state index contributed by atoms with van der Waals surface area (Å²) in [6, 6.07) is 16.5. The summed E-state index contributed by atoms with van der Waals surface area (Å²) in [5.41, 5.74) is 3.68. The lowest BCUT2D eigenvalue weighted by molar-refractivity contribution is -0.0660. The fourth-order valence-electron chi connectivity index (χ4n) is 5.27. The summed E-state index contributed by atoms with van der Waals surface area (Å²) in [6.45, 7) is 3.94. The third kappa shape index (κ3) is 4.91. The Bertz CT molecular complexity index is 1910. The minimum Gasteiger partial charge on any atom is -0.463 e. The molecule has 0 radical (unpaired) electrons. The third-order valence-corrected chi connectivity index (χ3v) is 8.94. The van der Waals surface area contributed by atoms with Crippen LogP contribution < -0.4 is 10.2 Å². The van der Waals surface area contributed by atoms with Crippen molar-refractivity contribution >= 4 is 43.4 Å². The van der Waals surface area contributed by atoms with E-state index in [0.717, 1.165) is 60.7 Å². The molecule has 7 rings (SSSR count). The van der Waals surface area contributed by atoms with Crippen molar-refractivity contribution in [3.8, 4) is 11.4 Å². The highest BCUT2D eigenvalue weighted by Gasteiger charge is 2.37. The van der Waals surface area contributed by atoms with Crippen molar-refractivity contribution in [3.05, 3.63) is 78.3 Å². The van der Waals surface area contributed by atoms with Gasteiger partial charge < -0.3 is 19.4 Å². The lowest BCUT2D eigenvalue weighted by Gasteiger charge is -2.46. The van der Waals surface area contributed by atoms with Gasteiger partial charge in [-0.3, -0.25) is 9.78 Å². The van der Waals surface area contributed by atoms with Crippen LogP contribution in [0.1, 0.15) is 16.1 Å². The Morgan fingerprint density at radius 2 is 1.85 bits per heavy atom. The number of anilines is 1. The lowest BCUT2D eigenvalue weighted by Crippen LogP contribution is -2.54. The van der Waals surface area contributed by atoms with Gasteiger partial charge in [0.15, 0.2) is 9.84 Å². The minimum absolute atomic E-state index is 0.0538. The molecule has 208 valence electrons. The molecule has 2 aliphatic heterocycles. The Labute approximate surface area is 236 Å². The number of benzene rings is 1. The maximum Gasteiger partial charge on any atom is 0.251 e. The Morgan fingerprint density at radius 1 is 1.02 bits per heavy atom. The first kappa shape index (κ1) is 25.6. The van der Waals surface area contributed by atoms with Crippen LogP contribution in [0.2, 0.25) is 0 Å². The molecular formula is C30H27N5O5S. The molecule has 0 unspecified atom stereocenters. The molecule has 10 nitrogen and oxygen atoms in total. The molecule has 0 saturated carbocycles. The molecule has 1 aromatic carbocycles. The summed E-state index contributed by atoms with van der Waals surface area (Å²) in [6.07, 6.45) is 4.03. The number of carbonyl (C=O) groups excluding carboxylic acids is 1. The quantitative estimate of drug-likeness (QED) is 0.311. The molecule has 1 N–H and O–H groups in total. The fraction of sp³-hybridized carbons (Fsp3) is 0.267. The van der Waals surface area contributed by atoms with Gasteiger partial charge in [0, 0.05) is 53.7 Å². The molecule has 1 amide bonds. The van der Waals surface area contributed by atoms with Crippen molar-refractivity contribution in [2.24, 2.45) is 11.8 Å². The van der Waals surface area contributed by atoms with E-state index in [9.17, 15) is 13.2 Å². The molecule has 2 fully saturated rings. The summed E-state index contributed by atoms with van der Waals surface area (Å²) >= 11 is 0. The van der Waals surface area contributed by atoms with Crippen molar-refractivity contribution in [1.29, 1.82) is 0 Å². The zero-order chi connectivity index (χ0) is 28.1. The zero-order valence-corrected chi connectivity index (χ0v) is 23.1. The molecule has 11 heteroatoms. The number of hydrogen-bond donors (Lipinski definition) is 1. The van der Waals surface area contributed by atoms with Gasteiger partial charge in [-0.25, -0.2) is 18.4 Å². The highest BCUT2D eigenvalue weighted by molar-refractivity contribution is 7.91. The highest BCUT2D eigenvalue weighted by atomic mass is 32.2. The standard InChI is InChI=1S/C30H27N5O5S/c1-41(37,38)28-17-40-27-8-6-18(9-23(27)28)30(36)32-12-22-10-26-19(11-31-22)5-7-25(33-26)24-3-2-4-29(34-24)35-13-20(14-35)21-15-39-16-21/h2-11,17,20-21H,12-16H2,1H3,(H,32,36). The topological polar surface area (TPSA) is 128 Å². The summed E-state index contributed by atoms with van der Waals surface area (Å²) in [4.78, 5) is 29.4. The van der Waals surface area contributed by atoms with Crippen LogP contribution in [-0.2, 0) is 21.1 Å². The SMILES string of the molecule is CS(=O)(=O)c1coc2ccc(C(=O)NCc3cc4nc(-c5cccc(N6CC(C7COC7)C6)n5)ccc4cn3)cc12. The van der Waals surface area contributed by atoms with Crippen LogP contribution in [0.4, 0.5) is 5.82 Å². The van der Waals surface area contributed by atoms with E-state index in [2.05, 4.69) is 15.2 Å². The molecule has 5 aromatic rings. The molecule has 41 heavy (non-hydrogen) atoms. The van der Waals surface area contributed by atoms with Crippen LogP contribution in [-0.4, -0.2) is 61.8 Å². The summed E-state index contributed by atoms with van der Waals surface area (Å²) in [5, 5.41) is 4.12. The molecule has 6 heterocycles. The smallest absolute Gasteiger partial charge is 0.251 e. The van der Waals surface area contributed by atoms with Gasteiger partial charge in [0.05, 0.1) is 42.4 Å². The molecular weight excluding hydrogens is 542 g/mol. The van der Waals surface area contributed by atoms with Crippen LogP contribution in [0.25, 0.3) is 33.3 Å². The van der Waals surface area contributed by atoms with Crippen molar-refractivity contribution in [3.63, 3.8) is 0 Å². The number of hydrogen-bond acceptors (Lipinski definition) is 9. The normalized spacial score (nSPS) is 16.1. The van der Waals surface area contributed by atoms with Crippen molar-refractivity contribution < 1.29 is 22.4 Å². The monoisotopic (exact) mass is 569 g/mol. The first-order valence-corrected chi connectivity index (χ1v) is 15.3. The summed E-state index contributed by atoms with van der Waals surface area (Å²) in [5.74, 6) is 1.96. The maximum absolute atomic E-state index is 12.9. The number of amides is 1. The number of aromatic nitrogens is 3. The largest absolute Gasteiger partial charge is 0.463 e. The molecule has 0 aliphatic carbocycles. The summed E-state index contributed by atoms with van der Waals surface area (Å²) < 4.78 is 34.8. The molecule has 0 atom stereocenters.